The van der Waals surface area contributed by atoms with Gasteiger partial charge in [0, 0.05) is 6.61 Å². The van der Waals surface area contributed by atoms with Gasteiger partial charge in [-0.2, -0.15) is 0 Å². The smallest absolute Gasteiger partial charge is 0.325 e. The van der Waals surface area contributed by atoms with Gasteiger partial charge in [0.1, 0.15) is 5.54 Å². The molecule has 0 radical (unpaired) electrons. The van der Waals surface area contributed by atoms with Crippen molar-refractivity contribution in [3.05, 3.63) is 0 Å². The number of esters is 1. The lowest BCUT2D eigenvalue weighted by Crippen LogP contribution is -2.51. The first-order valence-electron chi connectivity index (χ1n) is 8.00. The number of ether oxygens (including phenoxy) is 2. The van der Waals surface area contributed by atoms with Crippen molar-refractivity contribution < 1.29 is 14.3 Å². The van der Waals surface area contributed by atoms with Crippen LogP contribution >= 0.6 is 0 Å². The van der Waals surface area contributed by atoms with Gasteiger partial charge in [0.2, 0.25) is 0 Å². The Hall–Kier alpha value is -0.610. The number of rotatable bonds is 8. The Balaban J connectivity index is 2.38. The SMILES string of the molecule is CCNC(C)(CCOC1CCCC(CC)C1)C(=O)OC. The fourth-order valence-corrected chi connectivity index (χ4v) is 3.07. The summed E-state index contributed by atoms with van der Waals surface area (Å²) in [4.78, 5) is 11.9. The normalized spacial score (nSPS) is 26.0. The van der Waals surface area contributed by atoms with Gasteiger partial charge in [0.25, 0.3) is 0 Å². The van der Waals surface area contributed by atoms with E-state index in [1.807, 2.05) is 13.8 Å². The molecule has 0 bridgehead atoms. The minimum atomic E-state index is -0.637. The van der Waals surface area contributed by atoms with Crippen LogP contribution in [0.3, 0.4) is 0 Å². The summed E-state index contributed by atoms with van der Waals surface area (Å²) in [6, 6.07) is 0. The van der Waals surface area contributed by atoms with Crippen LogP contribution in [0.2, 0.25) is 0 Å². The molecule has 0 aromatic carbocycles. The molecule has 4 nitrogen and oxygen atoms in total. The molecule has 20 heavy (non-hydrogen) atoms. The highest BCUT2D eigenvalue weighted by Crippen LogP contribution is 2.28. The second-order valence-electron chi connectivity index (χ2n) is 6.04. The fraction of sp³-hybridized carbons (Fsp3) is 0.938. The highest BCUT2D eigenvalue weighted by atomic mass is 16.5. The highest BCUT2D eigenvalue weighted by molar-refractivity contribution is 5.80. The summed E-state index contributed by atoms with van der Waals surface area (Å²) in [5.41, 5.74) is -0.637. The Morgan fingerprint density at radius 3 is 2.70 bits per heavy atom. The second kappa shape index (κ2) is 8.63. The van der Waals surface area contributed by atoms with E-state index in [1.54, 1.807) is 0 Å². The predicted octanol–water partition coefficient (Wildman–Crippen LogP) is 2.90. The predicted molar refractivity (Wildman–Crippen MR) is 80.7 cm³/mol. The molecule has 0 amide bonds. The van der Waals surface area contributed by atoms with E-state index in [-0.39, 0.29) is 5.97 Å². The number of carbonyl (C=O) groups excluding carboxylic acids is 1. The van der Waals surface area contributed by atoms with Gasteiger partial charge in [-0.25, -0.2) is 0 Å². The van der Waals surface area contributed by atoms with Crippen LogP contribution in [0.4, 0.5) is 0 Å². The van der Waals surface area contributed by atoms with Crippen molar-refractivity contribution in [2.24, 2.45) is 5.92 Å². The first-order chi connectivity index (χ1) is 9.55. The van der Waals surface area contributed by atoms with E-state index in [0.29, 0.717) is 19.1 Å². The van der Waals surface area contributed by atoms with Crippen molar-refractivity contribution >= 4 is 5.97 Å². The van der Waals surface area contributed by atoms with Crippen molar-refractivity contribution in [3.8, 4) is 0 Å². The van der Waals surface area contributed by atoms with Gasteiger partial charge >= 0.3 is 5.97 Å². The van der Waals surface area contributed by atoms with Gasteiger partial charge in [-0.05, 0) is 38.6 Å². The lowest BCUT2D eigenvalue weighted by atomic mass is 9.85. The van der Waals surface area contributed by atoms with Crippen LogP contribution in [0.25, 0.3) is 0 Å². The molecule has 0 aliphatic heterocycles. The summed E-state index contributed by atoms with van der Waals surface area (Å²) in [6.45, 7) is 7.50. The van der Waals surface area contributed by atoms with Crippen molar-refractivity contribution in [1.82, 2.24) is 5.32 Å². The van der Waals surface area contributed by atoms with Crippen molar-refractivity contribution in [2.75, 3.05) is 20.3 Å². The molecule has 0 spiro atoms. The number of nitrogens with one attached hydrogen (secondary N) is 1. The van der Waals surface area contributed by atoms with Gasteiger partial charge in [-0.15, -0.1) is 0 Å². The Kier molecular flexibility index (Phi) is 7.52. The average Bonchev–Trinajstić information content (AvgIpc) is 2.46. The second-order valence-corrected chi connectivity index (χ2v) is 6.04. The highest BCUT2D eigenvalue weighted by Gasteiger charge is 2.33. The number of methoxy groups -OCH3 is 1. The van der Waals surface area contributed by atoms with Gasteiger partial charge in [-0.1, -0.05) is 33.1 Å². The molecule has 1 aliphatic carbocycles. The zero-order chi connectivity index (χ0) is 15.0. The van der Waals surface area contributed by atoms with Crippen LogP contribution in [0.1, 0.15) is 59.3 Å². The van der Waals surface area contributed by atoms with Crippen LogP contribution in [0, 0.1) is 5.92 Å². The first kappa shape index (κ1) is 17.4. The van der Waals surface area contributed by atoms with Gasteiger partial charge in [-0.3, -0.25) is 4.79 Å². The Labute approximate surface area is 123 Å². The molecule has 3 atom stereocenters. The van der Waals surface area contributed by atoms with Gasteiger partial charge in [0.05, 0.1) is 13.2 Å². The van der Waals surface area contributed by atoms with Crippen molar-refractivity contribution in [2.45, 2.75) is 70.9 Å². The number of carbonyl (C=O) groups is 1. The van der Waals surface area contributed by atoms with Crippen LogP contribution < -0.4 is 5.32 Å². The molecule has 0 saturated heterocycles. The molecule has 1 saturated carbocycles. The van der Waals surface area contributed by atoms with Crippen molar-refractivity contribution in [1.29, 1.82) is 0 Å². The van der Waals surface area contributed by atoms with Crippen LogP contribution in [0.5, 0.6) is 0 Å². The summed E-state index contributed by atoms with van der Waals surface area (Å²) in [5.74, 6) is 0.604. The summed E-state index contributed by atoms with van der Waals surface area (Å²) in [7, 11) is 1.44. The Morgan fingerprint density at radius 1 is 1.35 bits per heavy atom. The molecule has 0 aromatic heterocycles. The topological polar surface area (TPSA) is 47.6 Å². The Morgan fingerprint density at radius 2 is 2.10 bits per heavy atom. The molecule has 1 fully saturated rings. The maximum Gasteiger partial charge on any atom is 0.325 e. The van der Waals surface area contributed by atoms with Crippen LogP contribution in [-0.2, 0) is 14.3 Å². The Bertz CT molecular complexity index is 295. The molecule has 0 aromatic rings. The molecule has 0 heterocycles. The van der Waals surface area contributed by atoms with E-state index in [0.717, 1.165) is 18.9 Å². The summed E-state index contributed by atoms with van der Waals surface area (Å²) >= 11 is 0. The number of likely N-dealkylation sites (N-methyl/N-ethyl adjacent to an activating group) is 1. The summed E-state index contributed by atoms with van der Waals surface area (Å²) < 4.78 is 10.9. The van der Waals surface area contributed by atoms with Crippen LogP contribution in [-0.4, -0.2) is 37.9 Å². The van der Waals surface area contributed by atoms with E-state index in [1.165, 1.54) is 32.8 Å². The average molecular weight is 285 g/mol. The first-order valence-corrected chi connectivity index (χ1v) is 8.00. The lowest BCUT2D eigenvalue weighted by Gasteiger charge is -2.31. The third-order valence-electron chi connectivity index (χ3n) is 4.47. The van der Waals surface area contributed by atoms with E-state index in [9.17, 15) is 4.79 Å². The summed E-state index contributed by atoms with van der Waals surface area (Å²) in [6.07, 6.45) is 7.22. The molecule has 4 heteroatoms. The largest absolute Gasteiger partial charge is 0.468 e. The molecular weight excluding hydrogens is 254 g/mol. The zero-order valence-corrected chi connectivity index (χ0v) is 13.5. The van der Waals surface area contributed by atoms with E-state index in [2.05, 4.69) is 12.2 Å². The third-order valence-corrected chi connectivity index (χ3v) is 4.47. The minimum absolute atomic E-state index is 0.210. The molecular formula is C16H31NO3. The maximum atomic E-state index is 11.9. The van der Waals surface area contributed by atoms with Gasteiger partial charge < -0.3 is 14.8 Å². The molecule has 3 unspecified atom stereocenters. The van der Waals surface area contributed by atoms with Crippen LogP contribution in [0.15, 0.2) is 0 Å². The van der Waals surface area contributed by atoms with E-state index in [4.69, 9.17) is 9.47 Å². The van der Waals surface area contributed by atoms with Gasteiger partial charge in [0.15, 0.2) is 0 Å². The standard InChI is InChI=1S/C16H31NO3/c1-5-13-8-7-9-14(12-13)20-11-10-16(3,17-6-2)15(18)19-4/h13-14,17H,5-12H2,1-4H3. The minimum Gasteiger partial charge on any atom is -0.468 e. The quantitative estimate of drug-likeness (QED) is 0.697. The fourth-order valence-electron chi connectivity index (χ4n) is 3.07. The molecule has 118 valence electrons. The molecule has 1 N–H and O–H groups in total. The lowest BCUT2D eigenvalue weighted by molar-refractivity contribution is -0.149. The number of hydrogen-bond donors (Lipinski definition) is 1. The molecule has 1 rings (SSSR count). The monoisotopic (exact) mass is 285 g/mol. The summed E-state index contributed by atoms with van der Waals surface area (Å²) in [5, 5.41) is 3.21. The molecule has 1 aliphatic rings. The van der Waals surface area contributed by atoms with E-state index >= 15 is 0 Å². The number of hydrogen-bond acceptors (Lipinski definition) is 4. The third kappa shape index (κ3) is 5.06. The zero-order valence-electron chi connectivity index (χ0n) is 13.5. The maximum absolute atomic E-state index is 11.9. The van der Waals surface area contributed by atoms with Crippen molar-refractivity contribution in [3.63, 3.8) is 0 Å². The van der Waals surface area contributed by atoms with E-state index < -0.39 is 5.54 Å².